The van der Waals surface area contributed by atoms with Crippen molar-refractivity contribution in [2.24, 2.45) is 0 Å². The molecule has 0 aliphatic carbocycles. The van der Waals surface area contributed by atoms with E-state index in [9.17, 15) is 4.79 Å². The van der Waals surface area contributed by atoms with Crippen LogP contribution in [0.25, 0.3) is 16.9 Å². The second-order valence-corrected chi connectivity index (χ2v) is 4.75. The fourth-order valence-electron chi connectivity index (χ4n) is 2.00. The maximum absolute atomic E-state index is 10.7. The lowest BCUT2D eigenvalue weighted by Gasteiger charge is -2.13. The van der Waals surface area contributed by atoms with E-state index in [1.165, 1.54) is 11.9 Å². The first-order valence-electron chi connectivity index (χ1n) is 6.67. The van der Waals surface area contributed by atoms with Gasteiger partial charge in [0.05, 0.1) is 18.1 Å². The van der Waals surface area contributed by atoms with Crippen molar-refractivity contribution in [3.05, 3.63) is 30.7 Å². The number of carboxylic acid groups (broad SMARTS) is 1. The van der Waals surface area contributed by atoms with Gasteiger partial charge in [0.15, 0.2) is 5.65 Å². The van der Waals surface area contributed by atoms with Crippen LogP contribution in [0, 0.1) is 0 Å². The minimum atomic E-state index is -0.956. The Morgan fingerprint density at radius 2 is 2.32 bits per heavy atom. The summed E-state index contributed by atoms with van der Waals surface area (Å²) in [6.07, 6.45) is 4.25. The van der Waals surface area contributed by atoms with Crippen LogP contribution in [-0.4, -0.2) is 61.0 Å². The highest BCUT2D eigenvalue weighted by atomic mass is 16.4. The summed E-state index contributed by atoms with van der Waals surface area (Å²) in [6, 6.07) is 3.65. The molecule has 0 fully saturated rings. The molecule has 3 rings (SSSR count). The van der Waals surface area contributed by atoms with E-state index in [4.69, 9.17) is 5.11 Å². The molecule has 0 saturated carbocycles. The molecule has 114 valence electrons. The Bertz CT molecular complexity index is 781. The zero-order valence-corrected chi connectivity index (χ0v) is 11.9. The summed E-state index contributed by atoms with van der Waals surface area (Å²) < 4.78 is 1.72. The first kappa shape index (κ1) is 13.9. The van der Waals surface area contributed by atoms with Crippen molar-refractivity contribution >= 4 is 17.6 Å². The second-order valence-electron chi connectivity index (χ2n) is 4.75. The van der Waals surface area contributed by atoms with E-state index in [-0.39, 0.29) is 0 Å². The highest BCUT2D eigenvalue weighted by Crippen LogP contribution is 2.19. The number of hydrogen-bond donors (Lipinski definition) is 3. The molecule has 0 saturated heterocycles. The summed E-state index contributed by atoms with van der Waals surface area (Å²) in [5, 5.41) is 23.0. The van der Waals surface area contributed by atoms with Gasteiger partial charge in [0.2, 0.25) is 0 Å². The highest BCUT2D eigenvalue weighted by Gasteiger charge is 2.09. The molecule has 3 N–H and O–H groups in total. The van der Waals surface area contributed by atoms with Crippen molar-refractivity contribution in [2.75, 3.05) is 25.5 Å². The number of anilines is 1. The zero-order valence-electron chi connectivity index (χ0n) is 11.9. The van der Waals surface area contributed by atoms with Crippen molar-refractivity contribution in [1.82, 2.24) is 29.7 Å². The normalized spacial score (nSPS) is 10.8. The zero-order chi connectivity index (χ0) is 15.5. The van der Waals surface area contributed by atoms with Crippen LogP contribution in [0.15, 0.2) is 30.7 Å². The maximum atomic E-state index is 10.7. The van der Waals surface area contributed by atoms with Crippen LogP contribution < -0.4 is 5.32 Å². The molecule has 9 heteroatoms. The van der Waals surface area contributed by atoms with Crippen molar-refractivity contribution in [2.45, 2.75) is 0 Å². The van der Waals surface area contributed by atoms with E-state index >= 15 is 0 Å². The van der Waals surface area contributed by atoms with Crippen molar-refractivity contribution in [1.29, 1.82) is 0 Å². The predicted molar refractivity (Wildman–Crippen MR) is 79.7 cm³/mol. The van der Waals surface area contributed by atoms with Crippen molar-refractivity contribution in [3.63, 3.8) is 0 Å². The molecule has 3 heterocycles. The summed E-state index contributed by atoms with van der Waals surface area (Å²) in [5.41, 5.74) is 2.45. The van der Waals surface area contributed by atoms with Gasteiger partial charge < -0.3 is 15.3 Å². The number of rotatable bonds is 5. The van der Waals surface area contributed by atoms with Crippen LogP contribution in [0.2, 0.25) is 0 Å². The monoisotopic (exact) mass is 301 g/mol. The first-order valence-corrected chi connectivity index (χ1v) is 6.67. The summed E-state index contributed by atoms with van der Waals surface area (Å²) in [7, 11) is 1.52. The summed E-state index contributed by atoms with van der Waals surface area (Å²) in [4.78, 5) is 16.2. The van der Waals surface area contributed by atoms with Crippen molar-refractivity contribution < 1.29 is 9.90 Å². The topological polar surface area (TPSA) is 111 Å². The van der Waals surface area contributed by atoms with Crippen LogP contribution in [0.5, 0.6) is 0 Å². The molecule has 0 aromatic carbocycles. The Labute approximate surface area is 125 Å². The summed E-state index contributed by atoms with van der Waals surface area (Å²) in [5.74, 6) is 0.647. The van der Waals surface area contributed by atoms with Gasteiger partial charge in [-0.2, -0.15) is 5.10 Å². The number of aromatic nitrogens is 5. The van der Waals surface area contributed by atoms with Gasteiger partial charge in [-0.25, -0.2) is 14.3 Å². The minimum Gasteiger partial charge on any atom is -0.465 e. The van der Waals surface area contributed by atoms with E-state index in [1.54, 1.807) is 23.1 Å². The molecular formula is C13H15N7O2. The summed E-state index contributed by atoms with van der Waals surface area (Å²) >= 11 is 0. The molecule has 3 aromatic rings. The molecule has 0 radical (unpaired) electrons. The third kappa shape index (κ3) is 2.68. The minimum absolute atomic E-state index is 0.369. The predicted octanol–water partition coefficient (Wildman–Crippen LogP) is 1.14. The quantitative estimate of drug-likeness (QED) is 0.651. The fraction of sp³-hybridized carbons (Fsp3) is 0.231. The number of hydrogen-bond acceptors (Lipinski definition) is 5. The number of fused-ring (bicyclic) bond motifs is 1. The van der Waals surface area contributed by atoms with Gasteiger partial charge in [0.25, 0.3) is 0 Å². The highest BCUT2D eigenvalue weighted by molar-refractivity contribution is 5.64. The molecule has 0 atom stereocenters. The number of imidazole rings is 1. The van der Waals surface area contributed by atoms with Gasteiger partial charge in [0.1, 0.15) is 5.82 Å². The third-order valence-electron chi connectivity index (χ3n) is 3.24. The Kier molecular flexibility index (Phi) is 3.60. The Hall–Kier alpha value is -3.10. The molecule has 0 aliphatic rings. The average molecular weight is 301 g/mol. The number of nitrogens with zero attached hydrogens (tertiary/aromatic N) is 5. The lowest BCUT2D eigenvalue weighted by Crippen LogP contribution is -2.30. The SMILES string of the molecule is CN(CCNc1ccc2ncc(-c3cn[nH]c3)n2n1)C(=O)O. The standard InChI is InChI=1S/C13H15N7O2/c1-19(13(21)22)5-4-14-11-2-3-12-15-8-10(20(12)18-11)9-6-16-17-7-9/h2-3,6-8H,4-5H2,1H3,(H,14,18)(H,16,17)(H,21,22). The third-order valence-corrected chi connectivity index (χ3v) is 3.24. The number of nitrogens with one attached hydrogen (secondary N) is 2. The lowest BCUT2D eigenvalue weighted by atomic mass is 10.3. The van der Waals surface area contributed by atoms with Crippen LogP contribution in [-0.2, 0) is 0 Å². The molecule has 9 nitrogen and oxygen atoms in total. The number of carbonyl (C=O) groups is 1. The second kappa shape index (κ2) is 5.72. The number of amides is 1. The molecule has 0 aliphatic heterocycles. The molecule has 3 aromatic heterocycles. The van der Waals surface area contributed by atoms with Gasteiger partial charge in [-0.3, -0.25) is 5.10 Å². The Balaban J connectivity index is 1.77. The smallest absolute Gasteiger partial charge is 0.407 e. The van der Waals surface area contributed by atoms with Gasteiger partial charge in [-0.05, 0) is 12.1 Å². The molecule has 1 amide bonds. The lowest BCUT2D eigenvalue weighted by molar-refractivity contribution is 0.157. The van der Waals surface area contributed by atoms with Gasteiger partial charge in [-0.15, -0.1) is 5.10 Å². The molecule has 0 bridgehead atoms. The molecule has 0 spiro atoms. The molecule has 0 unspecified atom stereocenters. The molecular weight excluding hydrogens is 286 g/mol. The van der Waals surface area contributed by atoms with Crippen LogP contribution in [0.4, 0.5) is 10.6 Å². The van der Waals surface area contributed by atoms with E-state index < -0.39 is 6.09 Å². The van der Waals surface area contributed by atoms with E-state index in [0.29, 0.717) is 18.9 Å². The average Bonchev–Trinajstić information content (AvgIpc) is 3.15. The summed E-state index contributed by atoms with van der Waals surface area (Å²) in [6.45, 7) is 0.838. The van der Waals surface area contributed by atoms with Crippen LogP contribution in [0.3, 0.4) is 0 Å². The van der Waals surface area contributed by atoms with E-state index in [1.807, 2.05) is 12.1 Å². The number of aromatic amines is 1. The number of likely N-dealkylation sites (N-methyl/N-ethyl adjacent to an activating group) is 1. The largest absolute Gasteiger partial charge is 0.465 e. The first-order chi connectivity index (χ1) is 10.6. The van der Waals surface area contributed by atoms with Crippen LogP contribution >= 0.6 is 0 Å². The Morgan fingerprint density at radius 3 is 3.05 bits per heavy atom. The fourth-order valence-corrected chi connectivity index (χ4v) is 2.00. The molecule has 22 heavy (non-hydrogen) atoms. The van der Waals surface area contributed by atoms with Gasteiger partial charge in [0, 0.05) is 31.9 Å². The van der Waals surface area contributed by atoms with E-state index in [0.717, 1.165) is 16.9 Å². The van der Waals surface area contributed by atoms with Crippen LogP contribution in [0.1, 0.15) is 0 Å². The van der Waals surface area contributed by atoms with Crippen molar-refractivity contribution in [3.8, 4) is 11.3 Å². The number of H-pyrrole nitrogens is 1. The van der Waals surface area contributed by atoms with Gasteiger partial charge >= 0.3 is 6.09 Å². The van der Waals surface area contributed by atoms with Gasteiger partial charge in [-0.1, -0.05) is 0 Å². The Morgan fingerprint density at radius 1 is 1.45 bits per heavy atom. The van der Waals surface area contributed by atoms with E-state index in [2.05, 4.69) is 25.6 Å². The maximum Gasteiger partial charge on any atom is 0.407 e.